The highest BCUT2D eigenvalue weighted by Crippen LogP contribution is 2.12. The summed E-state index contributed by atoms with van der Waals surface area (Å²) >= 11 is 0. The molecule has 98 valence electrons. The molecule has 0 saturated heterocycles. The highest BCUT2D eigenvalue weighted by molar-refractivity contribution is 5.92. The second-order valence-electron chi connectivity index (χ2n) is 4.28. The highest BCUT2D eigenvalue weighted by Gasteiger charge is 2.15. The molecule has 0 unspecified atom stereocenters. The van der Waals surface area contributed by atoms with Crippen LogP contribution in [0.4, 0.5) is 0 Å². The first-order chi connectivity index (χ1) is 9.20. The molecule has 0 spiro atoms. The molecule has 1 atom stereocenters. The van der Waals surface area contributed by atoms with Crippen LogP contribution in [0.3, 0.4) is 0 Å². The van der Waals surface area contributed by atoms with Gasteiger partial charge in [-0.2, -0.15) is 0 Å². The molecule has 19 heavy (non-hydrogen) atoms. The Morgan fingerprint density at radius 1 is 1.21 bits per heavy atom. The van der Waals surface area contributed by atoms with E-state index in [1.165, 1.54) is 0 Å². The molecule has 0 fully saturated rings. The molecule has 1 amide bonds. The second-order valence-corrected chi connectivity index (χ2v) is 4.28. The third-order valence-electron chi connectivity index (χ3n) is 2.81. The van der Waals surface area contributed by atoms with Gasteiger partial charge >= 0.3 is 0 Å². The number of aliphatic hydroxyl groups excluding tert-OH is 1. The Morgan fingerprint density at radius 2 is 1.95 bits per heavy atom. The molecule has 1 aromatic heterocycles. The number of carbonyl (C=O) groups is 1. The number of pyridine rings is 1. The number of aliphatic hydroxyl groups is 1. The number of nitrogens with one attached hydrogen (secondary N) is 1. The minimum absolute atomic E-state index is 0.151. The SMILES string of the molecule is Cc1cccc(C(=O)N[C@H](CO)c2ccccc2)n1. The molecule has 2 N–H and O–H groups in total. The third kappa shape index (κ3) is 3.39. The summed E-state index contributed by atoms with van der Waals surface area (Å²) in [6, 6.07) is 14.2. The Morgan fingerprint density at radius 3 is 2.58 bits per heavy atom. The Bertz CT molecular complexity index is 555. The second kappa shape index (κ2) is 6.11. The zero-order chi connectivity index (χ0) is 13.7. The molecule has 4 nitrogen and oxygen atoms in total. The number of hydrogen-bond donors (Lipinski definition) is 2. The van der Waals surface area contributed by atoms with Gasteiger partial charge in [0.2, 0.25) is 0 Å². The van der Waals surface area contributed by atoms with Crippen molar-refractivity contribution in [3.05, 3.63) is 65.5 Å². The van der Waals surface area contributed by atoms with Gasteiger partial charge in [0.15, 0.2) is 0 Å². The molecule has 1 heterocycles. The van der Waals surface area contributed by atoms with Crippen LogP contribution in [0.1, 0.15) is 27.8 Å². The Labute approximate surface area is 112 Å². The number of nitrogens with zero attached hydrogens (tertiary/aromatic N) is 1. The van der Waals surface area contributed by atoms with Crippen molar-refractivity contribution in [1.29, 1.82) is 0 Å². The van der Waals surface area contributed by atoms with Crippen molar-refractivity contribution in [3.63, 3.8) is 0 Å². The third-order valence-corrected chi connectivity index (χ3v) is 2.81. The molecular formula is C15H16N2O2. The zero-order valence-electron chi connectivity index (χ0n) is 10.7. The summed E-state index contributed by atoms with van der Waals surface area (Å²) in [5.41, 5.74) is 2.01. The lowest BCUT2D eigenvalue weighted by Gasteiger charge is -2.16. The van der Waals surface area contributed by atoms with Crippen LogP contribution in [0, 0.1) is 6.92 Å². The average Bonchev–Trinajstić information content (AvgIpc) is 2.45. The maximum absolute atomic E-state index is 12.1. The Balaban J connectivity index is 2.13. The van der Waals surface area contributed by atoms with Crippen molar-refractivity contribution < 1.29 is 9.90 Å². The molecule has 0 aliphatic carbocycles. The summed E-state index contributed by atoms with van der Waals surface area (Å²) in [5.74, 6) is -0.286. The monoisotopic (exact) mass is 256 g/mol. The molecule has 0 saturated carbocycles. The molecule has 2 rings (SSSR count). The largest absolute Gasteiger partial charge is 0.394 e. The molecule has 0 aliphatic heterocycles. The molecule has 2 aromatic rings. The lowest BCUT2D eigenvalue weighted by Crippen LogP contribution is -2.31. The number of benzene rings is 1. The van der Waals surface area contributed by atoms with Gasteiger partial charge in [0.05, 0.1) is 12.6 Å². The number of aryl methyl sites for hydroxylation is 1. The first-order valence-corrected chi connectivity index (χ1v) is 6.11. The average molecular weight is 256 g/mol. The van der Waals surface area contributed by atoms with Crippen LogP contribution in [0.15, 0.2) is 48.5 Å². The minimum atomic E-state index is -0.420. The molecule has 1 aromatic carbocycles. The van der Waals surface area contributed by atoms with Crippen molar-refractivity contribution in [2.24, 2.45) is 0 Å². The number of carbonyl (C=O) groups excluding carboxylic acids is 1. The van der Waals surface area contributed by atoms with E-state index in [-0.39, 0.29) is 12.5 Å². The summed E-state index contributed by atoms with van der Waals surface area (Å²) < 4.78 is 0. The quantitative estimate of drug-likeness (QED) is 0.877. The van der Waals surface area contributed by atoms with Crippen LogP contribution in [0.25, 0.3) is 0 Å². The van der Waals surface area contributed by atoms with Crippen LogP contribution in [0.2, 0.25) is 0 Å². The summed E-state index contributed by atoms with van der Waals surface area (Å²) in [7, 11) is 0. The fraction of sp³-hybridized carbons (Fsp3) is 0.200. The lowest BCUT2D eigenvalue weighted by atomic mass is 10.1. The Hall–Kier alpha value is -2.20. The van der Waals surface area contributed by atoms with E-state index in [0.717, 1.165) is 11.3 Å². The van der Waals surface area contributed by atoms with E-state index >= 15 is 0 Å². The van der Waals surface area contributed by atoms with E-state index in [1.54, 1.807) is 12.1 Å². The van der Waals surface area contributed by atoms with Gasteiger partial charge in [-0.25, -0.2) is 4.98 Å². The number of aromatic nitrogens is 1. The summed E-state index contributed by atoms with van der Waals surface area (Å²) in [4.78, 5) is 16.2. The van der Waals surface area contributed by atoms with Gasteiger partial charge in [-0.1, -0.05) is 36.4 Å². The standard InChI is InChI=1S/C15H16N2O2/c1-11-6-5-9-13(16-11)15(19)17-14(10-18)12-7-3-2-4-8-12/h2-9,14,18H,10H2,1H3,(H,17,19)/t14-/m1/s1. The van der Waals surface area contributed by atoms with E-state index in [0.29, 0.717) is 5.69 Å². The van der Waals surface area contributed by atoms with Crippen LogP contribution >= 0.6 is 0 Å². The van der Waals surface area contributed by atoms with E-state index in [2.05, 4.69) is 10.3 Å². The topological polar surface area (TPSA) is 62.2 Å². The summed E-state index contributed by atoms with van der Waals surface area (Å²) in [6.07, 6.45) is 0. The van der Waals surface area contributed by atoms with Gasteiger partial charge in [-0.15, -0.1) is 0 Å². The number of amides is 1. The smallest absolute Gasteiger partial charge is 0.270 e. The molecular weight excluding hydrogens is 240 g/mol. The number of hydrogen-bond acceptors (Lipinski definition) is 3. The van der Waals surface area contributed by atoms with Crippen molar-refractivity contribution in [1.82, 2.24) is 10.3 Å². The van der Waals surface area contributed by atoms with E-state index in [9.17, 15) is 9.90 Å². The highest BCUT2D eigenvalue weighted by atomic mass is 16.3. The fourth-order valence-electron chi connectivity index (χ4n) is 1.82. The van der Waals surface area contributed by atoms with Gasteiger partial charge in [-0.3, -0.25) is 4.79 Å². The minimum Gasteiger partial charge on any atom is -0.394 e. The molecule has 4 heteroatoms. The van der Waals surface area contributed by atoms with E-state index in [1.807, 2.05) is 43.3 Å². The predicted molar refractivity (Wildman–Crippen MR) is 72.7 cm³/mol. The molecule has 0 radical (unpaired) electrons. The van der Waals surface area contributed by atoms with Crippen molar-refractivity contribution in [2.45, 2.75) is 13.0 Å². The van der Waals surface area contributed by atoms with Gasteiger partial charge in [-0.05, 0) is 24.6 Å². The van der Waals surface area contributed by atoms with Crippen LogP contribution in [0.5, 0.6) is 0 Å². The summed E-state index contributed by atoms with van der Waals surface area (Å²) in [6.45, 7) is 1.68. The van der Waals surface area contributed by atoms with Gasteiger partial charge in [0, 0.05) is 5.69 Å². The number of rotatable bonds is 4. The van der Waals surface area contributed by atoms with Gasteiger partial charge < -0.3 is 10.4 Å². The fourth-order valence-corrected chi connectivity index (χ4v) is 1.82. The zero-order valence-corrected chi connectivity index (χ0v) is 10.7. The van der Waals surface area contributed by atoms with Crippen molar-refractivity contribution in [2.75, 3.05) is 6.61 Å². The maximum Gasteiger partial charge on any atom is 0.270 e. The van der Waals surface area contributed by atoms with Gasteiger partial charge in [0.1, 0.15) is 5.69 Å². The van der Waals surface area contributed by atoms with E-state index in [4.69, 9.17) is 0 Å². The maximum atomic E-state index is 12.1. The normalized spacial score (nSPS) is 11.9. The summed E-state index contributed by atoms with van der Waals surface area (Å²) in [5, 5.41) is 12.2. The lowest BCUT2D eigenvalue weighted by molar-refractivity contribution is 0.0911. The molecule has 0 bridgehead atoms. The first kappa shape index (κ1) is 13.2. The predicted octanol–water partition coefficient (Wildman–Crippen LogP) is 1.85. The van der Waals surface area contributed by atoms with Crippen LogP contribution in [-0.4, -0.2) is 22.6 Å². The first-order valence-electron chi connectivity index (χ1n) is 6.11. The van der Waals surface area contributed by atoms with Crippen LogP contribution < -0.4 is 5.32 Å². The van der Waals surface area contributed by atoms with Crippen LogP contribution in [-0.2, 0) is 0 Å². The van der Waals surface area contributed by atoms with E-state index < -0.39 is 6.04 Å². The Kier molecular flexibility index (Phi) is 4.26. The molecule has 0 aliphatic rings. The van der Waals surface area contributed by atoms with Crippen molar-refractivity contribution in [3.8, 4) is 0 Å². The van der Waals surface area contributed by atoms with Crippen molar-refractivity contribution >= 4 is 5.91 Å². The van der Waals surface area contributed by atoms with Gasteiger partial charge in [0.25, 0.3) is 5.91 Å².